The molecule has 0 radical (unpaired) electrons. The molecule has 0 fully saturated rings. The Balaban J connectivity index is 2.14. The van der Waals surface area contributed by atoms with Crippen molar-refractivity contribution in [1.82, 2.24) is 19.7 Å². The highest BCUT2D eigenvalue weighted by Crippen LogP contribution is 2.13. The van der Waals surface area contributed by atoms with Crippen molar-refractivity contribution < 1.29 is 9.53 Å². The van der Waals surface area contributed by atoms with Gasteiger partial charge in [0.05, 0.1) is 19.3 Å². The summed E-state index contributed by atoms with van der Waals surface area (Å²) in [6, 6.07) is 15.7. The van der Waals surface area contributed by atoms with E-state index in [0.717, 1.165) is 14.8 Å². The number of benzene rings is 2. The minimum atomic E-state index is -0.727. The Bertz CT molecular complexity index is 1130. The zero-order valence-corrected chi connectivity index (χ0v) is 17.2. The van der Waals surface area contributed by atoms with E-state index >= 15 is 0 Å². The van der Waals surface area contributed by atoms with Gasteiger partial charge >= 0.3 is 5.69 Å². The van der Waals surface area contributed by atoms with Crippen molar-refractivity contribution in [2.24, 2.45) is 5.92 Å². The van der Waals surface area contributed by atoms with Crippen LogP contribution in [0.25, 0.3) is 5.69 Å². The second-order valence-corrected chi connectivity index (χ2v) is 7.22. The van der Waals surface area contributed by atoms with Gasteiger partial charge in [-0.25, -0.2) is 4.79 Å². The van der Waals surface area contributed by atoms with E-state index in [2.05, 4.69) is 10.4 Å². The molecule has 0 saturated heterocycles. The fourth-order valence-electron chi connectivity index (χ4n) is 2.83. The molecule has 2 aromatic carbocycles. The van der Waals surface area contributed by atoms with Gasteiger partial charge in [0.1, 0.15) is 5.75 Å². The molecule has 0 aliphatic rings. The number of nitrogens with zero attached hydrogens (tertiary/aromatic N) is 3. The second-order valence-electron chi connectivity index (χ2n) is 7.22. The fourth-order valence-corrected chi connectivity index (χ4v) is 2.83. The zero-order chi connectivity index (χ0) is 21.7. The first-order valence-corrected chi connectivity index (χ1v) is 9.61. The van der Waals surface area contributed by atoms with Crippen molar-refractivity contribution in [3.05, 3.63) is 86.7 Å². The molecule has 156 valence electrons. The monoisotopic (exact) mass is 408 g/mol. The summed E-state index contributed by atoms with van der Waals surface area (Å²) in [5.41, 5.74) is -0.510. The van der Waals surface area contributed by atoms with Gasteiger partial charge in [-0.15, -0.1) is 0 Å². The molecule has 0 aliphatic heterocycles. The lowest BCUT2D eigenvalue weighted by Crippen LogP contribution is -2.46. The van der Waals surface area contributed by atoms with Crippen LogP contribution in [-0.2, 0) is 6.54 Å². The standard InChI is InChI=1S/C22H24N4O4/c1-15(2)13-23-20(27)19-21(28)25(14-16-7-5-4-6-8-16)22(29)26(24-19)17-9-11-18(30-3)12-10-17/h4-12,15H,13-14H2,1-3H3,(H,23,27). The third-order valence-electron chi connectivity index (χ3n) is 4.45. The van der Waals surface area contributed by atoms with Gasteiger partial charge in [-0.1, -0.05) is 44.2 Å². The van der Waals surface area contributed by atoms with Crippen LogP contribution in [0, 0.1) is 5.92 Å². The molecule has 1 aromatic heterocycles. The quantitative estimate of drug-likeness (QED) is 0.644. The number of ether oxygens (including phenoxy) is 1. The number of carbonyl (C=O) groups excluding carboxylic acids is 1. The van der Waals surface area contributed by atoms with Crippen LogP contribution < -0.4 is 21.3 Å². The molecular weight excluding hydrogens is 384 g/mol. The van der Waals surface area contributed by atoms with Crippen molar-refractivity contribution in [1.29, 1.82) is 0 Å². The van der Waals surface area contributed by atoms with E-state index in [9.17, 15) is 14.4 Å². The lowest BCUT2D eigenvalue weighted by Gasteiger charge is -2.13. The SMILES string of the molecule is COc1ccc(-n2nc(C(=O)NCC(C)C)c(=O)n(Cc3ccccc3)c2=O)cc1. The number of rotatable bonds is 7. The van der Waals surface area contributed by atoms with E-state index in [-0.39, 0.29) is 18.2 Å². The summed E-state index contributed by atoms with van der Waals surface area (Å²) in [4.78, 5) is 38.7. The highest BCUT2D eigenvalue weighted by molar-refractivity contribution is 5.91. The molecule has 0 atom stereocenters. The number of nitrogens with one attached hydrogen (secondary N) is 1. The third kappa shape index (κ3) is 4.65. The Morgan fingerprint density at radius 2 is 1.73 bits per heavy atom. The van der Waals surface area contributed by atoms with Crippen molar-refractivity contribution >= 4 is 5.91 Å². The van der Waals surface area contributed by atoms with E-state index in [0.29, 0.717) is 18.0 Å². The van der Waals surface area contributed by atoms with Gasteiger partial charge in [-0.3, -0.25) is 14.2 Å². The molecule has 0 spiro atoms. The summed E-state index contributed by atoms with van der Waals surface area (Å²) in [6.07, 6.45) is 0. The van der Waals surface area contributed by atoms with Crippen LogP contribution in [0.4, 0.5) is 0 Å². The molecule has 1 heterocycles. The van der Waals surface area contributed by atoms with Gasteiger partial charge in [0.15, 0.2) is 0 Å². The minimum Gasteiger partial charge on any atom is -0.497 e. The molecule has 0 bridgehead atoms. The van der Waals surface area contributed by atoms with Crippen molar-refractivity contribution in [3.63, 3.8) is 0 Å². The average Bonchev–Trinajstić information content (AvgIpc) is 2.76. The molecule has 8 nitrogen and oxygen atoms in total. The molecule has 1 N–H and O–H groups in total. The highest BCUT2D eigenvalue weighted by Gasteiger charge is 2.20. The highest BCUT2D eigenvalue weighted by atomic mass is 16.5. The first kappa shape index (κ1) is 21.0. The summed E-state index contributed by atoms with van der Waals surface area (Å²) >= 11 is 0. The van der Waals surface area contributed by atoms with Gasteiger partial charge in [0.2, 0.25) is 5.69 Å². The van der Waals surface area contributed by atoms with Gasteiger partial charge in [-0.05, 0) is 35.7 Å². The maximum atomic E-state index is 13.1. The summed E-state index contributed by atoms with van der Waals surface area (Å²) in [6.45, 7) is 4.31. The third-order valence-corrected chi connectivity index (χ3v) is 4.45. The van der Waals surface area contributed by atoms with Crippen molar-refractivity contribution in [2.75, 3.05) is 13.7 Å². The number of hydrogen-bond donors (Lipinski definition) is 1. The van der Waals surface area contributed by atoms with Crippen LogP contribution in [0.15, 0.2) is 64.2 Å². The predicted octanol–water partition coefficient (Wildman–Crippen LogP) is 1.84. The van der Waals surface area contributed by atoms with E-state index in [4.69, 9.17) is 4.74 Å². The van der Waals surface area contributed by atoms with Crippen LogP contribution in [-0.4, -0.2) is 33.9 Å². The van der Waals surface area contributed by atoms with E-state index in [1.165, 1.54) is 7.11 Å². The van der Waals surface area contributed by atoms with Gasteiger partial charge in [-0.2, -0.15) is 9.78 Å². The Labute approximate surface area is 173 Å². The Hall–Kier alpha value is -3.68. The number of carbonyl (C=O) groups is 1. The lowest BCUT2D eigenvalue weighted by atomic mass is 10.2. The molecule has 0 saturated carbocycles. The van der Waals surface area contributed by atoms with Crippen molar-refractivity contribution in [3.8, 4) is 11.4 Å². The zero-order valence-electron chi connectivity index (χ0n) is 17.2. The molecule has 0 aliphatic carbocycles. The molecule has 3 rings (SSSR count). The summed E-state index contributed by atoms with van der Waals surface area (Å²) < 4.78 is 7.23. The van der Waals surface area contributed by atoms with Crippen LogP contribution >= 0.6 is 0 Å². The number of methoxy groups -OCH3 is 1. The molecule has 30 heavy (non-hydrogen) atoms. The lowest BCUT2D eigenvalue weighted by molar-refractivity contribution is 0.0939. The Kier molecular flexibility index (Phi) is 6.46. The minimum absolute atomic E-state index is 0.0294. The second kappa shape index (κ2) is 9.21. The smallest absolute Gasteiger partial charge is 0.352 e. The Morgan fingerprint density at radius 3 is 2.33 bits per heavy atom. The van der Waals surface area contributed by atoms with E-state index < -0.39 is 17.2 Å². The van der Waals surface area contributed by atoms with E-state index in [1.54, 1.807) is 24.3 Å². The van der Waals surface area contributed by atoms with E-state index in [1.807, 2.05) is 44.2 Å². The molecule has 8 heteroatoms. The summed E-state index contributed by atoms with van der Waals surface area (Å²) in [5, 5.41) is 6.79. The molecule has 0 unspecified atom stereocenters. The van der Waals surface area contributed by atoms with Gasteiger partial charge < -0.3 is 10.1 Å². The normalized spacial score (nSPS) is 10.8. The van der Waals surface area contributed by atoms with Crippen molar-refractivity contribution in [2.45, 2.75) is 20.4 Å². The molecular formula is C22H24N4O4. The van der Waals surface area contributed by atoms with Crippen LogP contribution in [0.5, 0.6) is 5.75 Å². The number of hydrogen-bond acceptors (Lipinski definition) is 5. The van der Waals surface area contributed by atoms with Gasteiger partial charge in [0.25, 0.3) is 11.5 Å². The van der Waals surface area contributed by atoms with Crippen LogP contribution in [0.2, 0.25) is 0 Å². The first-order chi connectivity index (χ1) is 14.4. The summed E-state index contributed by atoms with van der Waals surface area (Å²) in [5.74, 6) is 0.199. The largest absolute Gasteiger partial charge is 0.497 e. The average molecular weight is 408 g/mol. The Morgan fingerprint density at radius 1 is 1.07 bits per heavy atom. The predicted molar refractivity (Wildman–Crippen MR) is 113 cm³/mol. The van der Waals surface area contributed by atoms with Gasteiger partial charge in [0, 0.05) is 6.54 Å². The van der Waals surface area contributed by atoms with Crippen LogP contribution in [0.3, 0.4) is 0 Å². The number of aromatic nitrogens is 3. The molecule has 3 aromatic rings. The maximum absolute atomic E-state index is 13.1. The molecule has 1 amide bonds. The maximum Gasteiger partial charge on any atom is 0.352 e. The topological polar surface area (TPSA) is 95.2 Å². The fraction of sp³-hybridized carbons (Fsp3) is 0.273. The van der Waals surface area contributed by atoms with Crippen LogP contribution in [0.1, 0.15) is 29.9 Å². The first-order valence-electron chi connectivity index (χ1n) is 9.61. The number of amides is 1. The summed E-state index contributed by atoms with van der Waals surface area (Å²) in [7, 11) is 1.54.